The summed E-state index contributed by atoms with van der Waals surface area (Å²) in [6, 6.07) is 5.25. The molecule has 0 bridgehead atoms. The maximum atomic E-state index is 12.5. The molecular formula is C25H30O7. The van der Waals surface area contributed by atoms with E-state index in [2.05, 4.69) is 6.58 Å². The van der Waals surface area contributed by atoms with Gasteiger partial charge in [-0.3, -0.25) is 0 Å². The third kappa shape index (κ3) is 5.35. The number of esters is 1. The van der Waals surface area contributed by atoms with E-state index in [0.29, 0.717) is 47.0 Å². The smallest absolute Gasteiger partial charge is 0.342 e. The molecule has 0 spiro atoms. The van der Waals surface area contributed by atoms with Gasteiger partial charge in [-0.1, -0.05) is 17.7 Å². The maximum absolute atomic E-state index is 12.5. The number of carbonyl (C=O) groups is 1. The Kier molecular flexibility index (Phi) is 8.58. The summed E-state index contributed by atoms with van der Waals surface area (Å²) < 4.78 is 26.5. The summed E-state index contributed by atoms with van der Waals surface area (Å²) in [7, 11) is 7.39. The average molecular weight is 443 g/mol. The highest BCUT2D eigenvalue weighted by Crippen LogP contribution is 2.40. The average Bonchev–Trinajstić information content (AvgIpc) is 2.79. The zero-order valence-corrected chi connectivity index (χ0v) is 19.4. The Hall–Kier alpha value is -3.61. The van der Waals surface area contributed by atoms with E-state index in [-0.39, 0.29) is 11.3 Å². The lowest BCUT2D eigenvalue weighted by atomic mass is 9.96. The van der Waals surface area contributed by atoms with Gasteiger partial charge in [0.1, 0.15) is 17.1 Å². The van der Waals surface area contributed by atoms with Crippen molar-refractivity contribution < 1.29 is 33.6 Å². The Morgan fingerprint density at radius 2 is 1.53 bits per heavy atom. The van der Waals surface area contributed by atoms with Crippen LogP contribution >= 0.6 is 0 Å². The topological polar surface area (TPSA) is 83.5 Å². The molecule has 7 heteroatoms. The van der Waals surface area contributed by atoms with Gasteiger partial charge in [0.05, 0.1) is 35.5 Å². The summed E-state index contributed by atoms with van der Waals surface area (Å²) in [5.41, 5.74) is 2.73. The standard InChI is InChI=1S/C25H30O7/c1-15(2)8-11-18-19(28-3)14-17(22(23(18)26)25(27)32-7)10-9-16-12-20(29-4)24(31-6)21(13-16)30-5/h9-10,12-14,26H,1,8,11H2,2-7H3. The van der Waals surface area contributed by atoms with Gasteiger partial charge >= 0.3 is 5.97 Å². The van der Waals surface area contributed by atoms with Crippen LogP contribution in [0.1, 0.15) is 40.4 Å². The van der Waals surface area contributed by atoms with Crippen molar-refractivity contribution in [1.29, 1.82) is 0 Å². The zero-order chi connectivity index (χ0) is 23.8. The van der Waals surface area contributed by atoms with E-state index in [1.807, 2.05) is 6.92 Å². The lowest BCUT2D eigenvalue weighted by Crippen LogP contribution is -2.07. The predicted octanol–water partition coefficient (Wildman–Crippen LogP) is 4.89. The van der Waals surface area contributed by atoms with Gasteiger partial charge in [-0.25, -0.2) is 4.79 Å². The number of hydrogen-bond acceptors (Lipinski definition) is 7. The molecule has 32 heavy (non-hydrogen) atoms. The lowest BCUT2D eigenvalue weighted by molar-refractivity contribution is 0.0597. The third-order valence-corrected chi connectivity index (χ3v) is 4.95. The van der Waals surface area contributed by atoms with E-state index >= 15 is 0 Å². The highest BCUT2D eigenvalue weighted by molar-refractivity contribution is 5.98. The Balaban J connectivity index is 2.62. The van der Waals surface area contributed by atoms with E-state index < -0.39 is 5.97 Å². The Labute approximate surface area is 188 Å². The van der Waals surface area contributed by atoms with Gasteiger partial charge in [-0.05, 0) is 49.1 Å². The maximum Gasteiger partial charge on any atom is 0.342 e. The Bertz CT molecular complexity index is 996. The number of phenols is 1. The van der Waals surface area contributed by atoms with Crippen LogP contribution in [0.4, 0.5) is 0 Å². The van der Waals surface area contributed by atoms with Crippen LogP contribution in [0.15, 0.2) is 30.4 Å². The summed E-state index contributed by atoms with van der Waals surface area (Å²) >= 11 is 0. The molecule has 0 radical (unpaired) electrons. The third-order valence-electron chi connectivity index (χ3n) is 4.95. The van der Waals surface area contributed by atoms with Crippen LogP contribution in [0, 0.1) is 0 Å². The van der Waals surface area contributed by atoms with Crippen LogP contribution in [0.25, 0.3) is 12.2 Å². The van der Waals surface area contributed by atoms with Crippen LogP contribution in [-0.2, 0) is 11.2 Å². The second kappa shape index (κ2) is 11.1. The van der Waals surface area contributed by atoms with Crippen molar-refractivity contribution >= 4 is 18.1 Å². The molecule has 0 saturated heterocycles. The van der Waals surface area contributed by atoms with Gasteiger partial charge < -0.3 is 28.8 Å². The number of methoxy groups -OCH3 is 5. The van der Waals surface area contributed by atoms with Crippen LogP contribution in [0.5, 0.6) is 28.7 Å². The van der Waals surface area contributed by atoms with Gasteiger partial charge in [0.2, 0.25) is 5.75 Å². The SMILES string of the molecule is C=C(C)CCc1c(OC)cc(C=Cc2cc(OC)c(OC)c(OC)c2)c(C(=O)OC)c1O. The zero-order valence-electron chi connectivity index (χ0n) is 19.4. The molecular weight excluding hydrogens is 412 g/mol. The molecule has 1 N–H and O–H groups in total. The molecule has 0 amide bonds. The molecule has 2 aromatic rings. The highest BCUT2D eigenvalue weighted by atomic mass is 16.5. The summed E-state index contributed by atoms with van der Waals surface area (Å²) in [5, 5.41) is 10.9. The van der Waals surface area contributed by atoms with Gasteiger partial charge in [0, 0.05) is 5.56 Å². The first-order valence-corrected chi connectivity index (χ1v) is 9.94. The first kappa shape index (κ1) is 24.7. The molecule has 0 aliphatic carbocycles. The quantitative estimate of drug-likeness (QED) is 0.319. The number of ether oxygens (including phenoxy) is 5. The Morgan fingerprint density at radius 1 is 0.938 bits per heavy atom. The fraction of sp³-hybridized carbons (Fsp3) is 0.320. The molecule has 0 aliphatic rings. The molecule has 0 heterocycles. The monoisotopic (exact) mass is 442 g/mol. The van der Waals surface area contributed by atoms with Gasteiger partial charge in [0.15, 0.2) is 11.5 Å². The van der Waals surface area contributed by atoms with E-state index in [9.17, 15) is 9.90 Å². The molecule has 0 fully saturated rings. The molecule has 172 valence electrons. The fourth-order valence-corrected chi connectivity index (χ4v) is 3.30. The molecule has 0 aliphatic heterocycles. The molecule has 2 aromatic carbocycles. The summed E-state index contributed by atoms with van der Waals surface area (Å²) in [4.78, 5) is 12.5. The largest absolute Gasteiger partial charge is 0.507 e. The minimum Gasteiger partial charge on any atom is -0.507 e. The minimum absolute atomic E-state index is 0.0636. The normalized spacial score (nSPS) is 10.7. The fourth-order valence-electron chi connectivity index (χ4n) is 3.30. The molecule has 0 aromatic heterocycles. The second-order valence-corrected chi connectivity index (χ2v) is 7.11. The van der Waals surface area contributed by atoms with Crippen molar-refractivity contribution in [1.82, 2.24) is 0 Å². The number of hydrogen-bond donors (Lipinski definition) is 1. The van der Waals surface area contributed by atoms with Crippen molar-refractivity contribution in [2.24, 2.45) is 0 Å². The van der Waals surface area contributed by atoms with E-state index in [1.165, 1.54) is 35.5 Å². The predicted molar refractivity (Wildman–Crippen MR) is 124 cm³/mol. The number of rotatable bonds is 10. The second-order valence-electron chi connectivity index (χ2n) is 7.11. The van der Waals surface area contributed by atoms with Crippen LogP contribution in [0.3, 0.4) is 0 Å². The van der Waals surface area contributed by atoms with Gasteiger partial charge in [0.25, 0.3) is 0 Å². The molecule has 0 atom stereocenters. The highest BCUT2D eigenvalue weighted by Gasteiger charge is 2.23. The number of phenolic OH excluding ortho intramolecular Hbond substituents is 1. The van der Waals surface area contributed by atoms with Gasteiger partial charge in [-0.2, -0.15) is 0 Å². The van der Waals surface area contributed by atoms with E-state index in [0.717, 1.165) is 11.1 Å². The minimum atomic E-state index is -0.647. The Morgan fingerprint density at radius 3 is 2.00 bits per heavy atom. The summed E-state index contributed by atoms with van der Waals surface area (Å²) in [6.45, 7) is 5.80. The van der Waals surface area contributed by atoms with Gasteiger partial charge in [-0.15, -0.1) is 6.58 Å². The van der Waals surface area contributed by atoms with Crippen molar-refractivity contribution in [3.8, 4) is 28.7 Å². The number of carbonyl (C=O) groups excluding carboxylic acids is 1. The first-order chi connectivity index (χ1) is 15.3. The molecule has 0 saturated carbocycles. The van der Waals surface area contributed by atoms with Crippen molar-refractivity contribution in [2.75, 3.05) is 35.5 Å². The number of benzene rings is 2. The summed E-state index contributed by atoms with van der Waals surface area (Å²) in [5.74, 6) is 1.13. The van der Waals surface area contributed by atoms with Crippen LogP contribution < -0.4 is 18.9 Å². The van der Waals surface area contributed by atoms with E-state index in [1.54, 1.807) is 30.4 Å². The van der Waals surface area contributed by atoms with Crippen LogP contribution in [0.2, 0.25) is 0 Å². The number of aromatic hydroxyl groups is 1. The van der Waals surface area contributed by atoms with Crippen molar-refractivity contribution in [3.05, 3.63) is 52.6 Å². The van der Waals surface area contributed by atoms with Crippen molar-refractivity contribution in [2.45, 2.75) is 19.8 Å². The molecule has 0 unspecified atom stereocenters. The van der Waals surface area contributed by atoms with Crippen LogP contribution in [-0.4, -0.2) is 46.6 Å². The summed E-state index contributed by atoms with van der Waals surface area (Å²) in [6.07, 6.45) is 4.58. The number of allylic oxidation sites excluding steroid dienone is 1. The first-order valence-electron chi connectivity index (χ1n) is 9.94. The lowest BCUT2D eigenvalue weighted by Gasteiger charge is -2.16. The van der Waals surface area contributed by atoms with Crippen molar-refractivity contribution in [3.63, 3.8) is 0 Å². The van der Waals surface area contributed by atoms with E-state index in [4.69, 9.17) is 23.7 Å². The molecule has 7 nitrogen and oxygen atoms in total. The molecule has 2 rings (SSSR count).